The van der Waals surface area contributed by atoms with Crippen LogP contribution in [0.2, 0.25) is 5.02 Å². The van der Waals surface area contributed by atoms with Crippen LogP contribution in [-0.2, 0) is 9.53 Å². The number of imide groups is 2. The third kappa shape index (κ3) is 2.53. The average Bonchev–Trinajstić information content (AvgIpc) is 2.65. The van der Waals surface area contributed by atoms with Crippen LogP contribution in [0.25, 0.3) is 0 Å². The number of nitrogens with zero attached hydrogens (tertiary/aromatic N) is 1. The van der Waals surface area contributed by atoms with Gasteiger partial charge in [0.1, 0.15) is 6.04 Å². The highest BCUT2D eigenvalue weighted by atomic mass is 35.5. The minimum Gasteiger partial charge on any atom is -0.449 e. The van der Waals surface area contributed by atoms with Gasteiger partial charge in [0.15, 0.2) is 0 Å². The van der Waals surface area contributed by atoms with Gasteiger partial charge in [-0.15, -0.1) is 0 Å². The fourth-order valence-corrected chi connectivity index (χ4v) is 1.92. The van der Waals surface area contributed by atoms with Crippen molar-refractivity contribution in [3.8, 4) is 0 Å². The van der Waals surface area contributed by atoms with E-state index in [0.29, 0.717) is 10.6 Å². The molecule has 7 heteroatoms. The summed E-state index contributed by atoms with van der Waals surface area (Å²) in [5.41, 5.74) is 0.487. The standard InChI is InChI=1S/C12H11ClN2O4/c1-2-19-12(18)15-9(10(16)14-11(15)17)7-3-5-8(13)6-4-7/h3-6,9H,2H2,1H3,(H,14,16,17). The Morgan fingerprint density at radius 2 is 2.00 bits per heavy atom. The third-order valence-corrected chi connectivity index (χ3v) is 2.86. The molecule has 1 heterocycles. The van der Waals surface area contributed by atoms with Crippen molar-refractivity contribution < 1.29 is 19.1 Å². The first-order valence-electron chi connectivity index (χ1n) is 5.61. The van der Waals surface area contributed by atoms with Crippen molar-refractivity contribution in [2.24, 2.45) is 0 Å². The number of nitrogens with one attached hydrogen (secondary N) is 1. The number of amides is 4. The molecule has 0 aromatic heterocycles. The van der Waals surface area contributed by atoms with E-state index in [1.165, 1.54) is 0 Å². The second kappa shape index (κ2) is 5.27. The number of urea groups is 1. The first-order valence-corrected chi connectivity index (χ1v) is 5.98. The Morgan fingerprint density at radius 1 is 1.37 bits per heavy atom. The van der Waals surface area contributed by atoms with Gasteiger partial charge in [0.25, 0.3) is 5.91 Å². The number of carbonyl (C=O) groups is 3. The lowest BCUT2D eigenvalue weighted by molar-refractivity contribution is -0.121. The Labute approximate surface area is 114 Å². The highest BCUT2D eigenvalue weighted by Gasteiger charge is 2.44. The van der Waals surface area contributed by atoms with Crippen molar-refractivity contribution in [1.29, 1.82) is 0 Å². The van der Waals surface area contributed by atoms with Gasteiger partial charge in [0.2, 0.25) is 0 Å². The number of halogens is 1. The molecule has 4 amide bonds. The summed E-state index contributed by atoms with van der Waals surface area (Å²) in [4.78, 5) is 35.9. The van der Waals surface area contributed by atoms with E-state index < -0.39 is 24.1 Å². The first-order chi connectivity index (χ1) is 9.04. The molecule has 1 unspecified atom stereocenters. The lowest BCUT2D eigenvalue weighted by atomic mass is 10.1. The Morgan fingerprint density at radius 3 is 2.58 bits per heavy atom. The molecule has 0 spiro atoms. The molecular weight excluding hydrogens is 272 g/mol. The van der Waals surface area contributed by atoms with E-state index in [2.05, 4.69) is 5.32 Å². The van der Waals surface area contributed by atoms with Crippen molar-refractivity contribution >= 4 is 29.6 Å². The second-order valence-corrected chi connectivity index (χ2v) is 4.25. The molecule has 1 aliphatic heterocycles. The van der Waals surface area contributed by atoms with Crippen molar-refractivity contribution in [3.63, 3.8) is 0 Å². The fraction of sp³-hybridized carbons (Fsp3) is 0.250. The molecule has 19 heavy (non-hydrogen) atoms. The lowest BCUT2D eigenvalue weighted by Crippen LogP contribution is -2.36. The van der Waals surface area contributed by atoms with Crippen LogP contribution in [0, 0.1) is 0 Å². The van der Waals surface area contributed by atoms with E-state index in [4.69, 9.17) is 16.3 Å². The van der Waals surface area contributed by atoms with Gasteiger partial charge < -0.3 is 4.74 Å². The van der Waals surface area contributed by atoms with Gasteiger partial charge in [0, 0.05) is 5.02 Å². The normalized spacial score (nSPS) is 18.4. The number of hydrogen-bond acceptors (Lipinski definition) is 4. The molecule has 0 bridgehead atoms. The molecule has 1 saturated heterocycles. The van der Waals surface area contributed by atoms with Gasteiger partial charge in [-0.25, -0.2) is 14.5 Å². The van der Waals surface area contributed by atoms with Gasteiger partial charge in [-0.2, -0.15) is 0 Å². The van der Waals surface area contributed by atoms with Gasteiger partial charge >= 0.3 is 12.1 Å². The fourth-order valence-electron chi connectivity index (χ4n) is 1.80. The zero-order valence-electron chi connectivity index (χ0n) is 10.1. The summed E-state index contributed by atoms with van der Waals surface area (Å²) in [6, 6.07) is 4.51. The predicted molar refractivity (Wildman–Crippen MR) is 66.6 cm³/mol. The van der Waals surface area contributed by atoms with Crippen LogP contribution in [0.3, 0.4) is 0 Å². The summed E-state index contributed by atoms with van der Waals surface area (Å²) in [6.45, 7) is 1.73. The van der Waals surface area contributed by atoms with Crippen molar-refractivity contribution in [1.82, 2.24) is 10.2 Å². The highest BCUT2D eigenvalue weighted by Crippen LogP contribution is 2.27. The van der Waals surface area contributed by atoms with Crippen LogP contribution in [0.5, 0.6) is 0 Å². The van der Waals surface area contributed by atoms with E-state index in [1.54, 1.807) is 31.2 Å². The Balaban J connectivity index is 2.34. The van der Waals surface area contributed by atoms with E-state index in [1.807, 2.05) is 0 Å². The summed E-state index contributed by atoms with van der Waals surface area (Å²) in [7, 11) is 0. The molecule has 100 valence electrons. The van der Waals surface area contributed by atoms with Crippen molar-refractivity contribution in [3.05, 3.63) is 34.9 Å². The number of carbonyl (C=O) groups excluding carboxylic acids is 3. The minimum absolute atomic E-state index is 0.115. The Kier molecular flexibility index (Phi) is 3.71. The molecule has 1 N–H and O–H groups in total. The van der Waals surface area contributed by atoms with Gasteiger partial charge in [0.05, 0.1) is 6.61 Å². The first kappa shape index (κ1) is 13.4. The SMILES string of the molecule is CCOC(=O)N1C(=O)NC(=O)C1c1ccc(Cl)cc1. The average molecular weight is 283 g/mol. The van der Waals surface area contributed by atoms with Gasteiger partial charge in [-0.05, 0) is 24.6 Å². The van der Waals surface area contributed by atoms with Crippen LogP contribution in [0.1, 0.15) is 18.5 Å². The second-order valence-electron chi connectivity index (χ2n) is 3.82. The maximum atomic E-state index is 11.8. The van der Waals surface area contributed by atoms with Crippen LogP contribution in [-0.4, -0.2) is 29.5 Å². The topological polar surface area (TPSA) is 75.7 Å². The van der Waals surface area contributed by atoms with E-state index in [-0.39, 0.29) is 6.61 Å². The molecule has 0 aliphatic carbocycles. The zero-order chi connectivity index (χ0) is 14.0. The molecular formula is C12H11ClN2O4. The molecule has 1 atom stereocenters. The van der Waals surface area contributed by atoms with Crippen LogP contribution in [0.4, 0.5) is 9.59 Å². The Bertz CT molecular complexity index is 529. The molecule has 2 rings (SSSR count). The predicted octanol–water partition coefficient (Wildman–Crippen LogP) is 2.09. The highest BCUT2D eigenvalue weighted by molar-refractivity contribution is 6.30. The van der Waals surface area contributed by atoms with E-state index in [9.17, 15) is 14.4 Å². The van der Waals surface area contributed by atoms with Crippen LogP contribution in [0.15, 0.2) is 24.3 Å². The van der Waals surface area contributed by atoms with Crippen LogP contribution < -0.4 is 5.32 Å². The number of rotatable bonds is 2. The minimum atomic E-state index is -1.02. The molecule has 0 radical (unpaired) electrons. The van der Waals surface area contributed by atoms with Gasteiger partial charge in [-0.3, -0.25) is 10.1 Å². The van der Waals surface area contributed by atoms with E-state index in [0.717, 1.165) is 4.90 Å². The smallest absolute Gasteiger partial charge is 0.419 e. The summed E-state index contributed by atoms with van der Waals surface area (Å²) in [6.07, 6.45) is -0.856. The summed E-state index contributed by atoms with van der Waals surface area (Å²) >= 11 is 5.76. The zero-order valence-corrected chi connectivity index (χ0v) is 10.8. The molecule has 1 aliphatic rings. The Hall–Kier alpha value is -2.08. The quantitative estimate of drug-likeness (QED) is 0.843. The monoisotopic (exact) mass is 282 g/mol. The van der Waals surface area contributed by atoms with Crippen molar-refractivity contribution in [2.45, 2.75) is 13.0 Å². The maximum Gasteiger partial charge on any atom is 0.419 e. The summed E-state index contributed by atoms with van der Waals surface area (Å²) < 4.78 is 4.77. The summed E-state index contributed by atoms with van der Waals surface area (Å²) in [5.74, 6) is -0.569. The number of benzene rings is 1. The van der Waals surface area contributed by atoms with Crippen LogP contribution >= 0.6 is 11.6 Å². The number of hydrogen-bond donors (Lipinski definition) is 1. The maximum absolute atomic E-state index is 11.8. The molecule has 1 aromatic carbocycles. The van der Waals surface area contributed by atoms with Crippen molar-refractivity contribution in [2.75, 3.05) is 6.61 Å². The molecule has 0 saturated carbocycles. The molecule has 1 aromatic rings. The third-order valence-electron chi connectivity index (χ3n) is 2.61. The largest absolute Gasteiger partial charge is 0.449 e. The van der Waals surface area contributed by atoms with E-state index >= 15 is 0 Å². The summed E-state index contributed by atoms with van der Waals surface area (Å²) in [5, 5.41) is 2.58. The number of ether oxygens (including phenoxy) is 1. The molecule has 1 fully saturated rings. The van der Waals surface area contributed by atoms with Gasteiger partial charge in [-0.1, -0.05) is 23.7 Å². The lowest BCUT2D eigenvalue weighted by Gasteiger charge is -2.19. The molecule has 6 nitrogen and oxygen atoms in total.